The number of carbonyl (C=O) groups excluding carboxylic acids is 2. The fraction of sp³-hybridized carbons (Fsp3) is 0.296. The van der Waals surface area contributed by atoms with E-state index in [1.54, 1.807) is 6.21 Å². The third-order valence-corrected chi connectivity index (χ3v) is 6.52. The molecule has 0 aliphatic carbocycles. The molecule has 3 aromatic carbocycles. The number of hydrogen-bond acceptors (Lipinski definition) is 5. The van der Waals surface area contributed by atoms with E-state index in [1.165, 1.54) is 18.2 Å². The molecule has 1 aliphatic heterocycles. The first-order valence-corrected chi connectivity index (χ1v) is 11.8. The molecule has 0 saturated carbocycles. The minimum Gasteiger partial charge on any atom is -0.506 e. The molecule has 34 heavy (non-hydrogen) atoms. The van der Waals surface area contributed by atoms with Crippen molar-refractivity contribution in [3.05, 3.63) is 76.3 Å². The summed E-state index contributed by atoms with van der Waals surface area (Å²) >= 11 is 5.89. The van der Waals surface area contributed by atoms with Crippen LogP contribution in [0, 0.1) is 0 Å². The largest absolute Gasteiger partial charge is 0.506 e. The zero-order valence-corrected chi connectivity index (χ0v) is 19.9. The maximum atomic E-state index is 12.7. The van der Waals surface area contributed by atoms with E-state index in [2.05, 4.69) is 22.3 Å². The summed E-state index contributed by atoms with van der Waals surface area (Å²) in [6.07, 6.45) is 3.97. The van der Waals surface area contributed by atoms with Gasteiger partial charge in [0.15, 0.2) is 5.78 Å². The summed E-state index contributed by atoms with van der Waals surface area (Å²) in [5.74, 6) is -0.211. The van der Waals surface area contributed by atoms with E-state index < -0.39 is 0 Å². The normalized spacial score (nSPS) is 15.1. The van der Waals surface area contributed by atoms with E-state index in [1.807, 2.05) is 36.4 Å². The minimum absolute atomic E-state index is 0.0316. The number of ketones is 1. The molecule has 3 aromatic rings. The number of halogens is 1. The van der Waals surface area contributed by atoms with Crippen LogP contribution in [-0.2, 0) is 11.2 Å². The summed E-state index contributed by atoms with van der Waals surface area (Å²) in [5, 5.41) is 14.8. The maximum Gasteiger partial charge on any atom is 0.224 e. The van der Waals surface area contributed by atoms with Crippen molar-refractivity contribution in [2.75, 3.05) is 26.7 Å². The lowest BCUT2D eigenvalue weighted by Crippen LogP contribution is -2.43. The van der Waals surface area contributed by atoms with Gasteiger partial charge < -0.3 is 15.3 Å². The maximum absolute atomic E-state index is 12.7. The van der Waals surface area contributed by atoms with Crippen LogP contribution < -0.4 is 5.32 Å². The number of hydrogen-bond donors (Lipinski definition) is 2. The fourth-order valence-electron chi connectivity index (χ4n) is 4.25. The molecule has 7 heteroatoms. The molecule has 1 saturated heterocycles. The van der Waals surface area contributed by atoms with Gasteiger partial charge in [-0.2, -0.15) is 0 Å². The average Bonchev–Trinajstić information content (AvgIpc) is 2.83. The van der Waals surface area contributed by atoms with E-state index in [4.69, 9.17) is 11.6 Å². The molecule has 1 fully saturated rings. The van der Waals surface area contributed by atoms with Crippen molar-refractivity contribution in [1.82, 2.24) is 10.2 Å². The van der Waals surface area contributed by atoms with E-state index >= 15 is 0 Å². The van der Waals surface area contributed by atoms with Crippen molar-refractivity contribution in [2.45, 2.75) is 25.3 Å². The van der Waals surface area contributed by atoms with Crippen LogP contribution in [0.25, 0.3) is 10.8 Å². The Morgan fingerprint density at radius 3 is 2.59 bits per heavy atom. The third kappa shape index (κ3) is 5.82. The lowest BCUT2D eigenvalue weighted by molar-refractivity contribution is -0.121. The van der Waals surface area contributed by atoms with Gasteiger partial charge in [-0.25, -0.2) is 0 Å². The first-order chi connectivity index (χ1) is 16.4. The second kappa shape index (κ2) is 10.8. The molecule has 0 radical (unpaired) electrons. The number of aliphatic imine (C=N–C) groups is 1. The Hall–Kier alpha value is -3.22. The van der Waals surface area contributed by atoms with Gasteiger partial charge in [0.25, 0.3) is 0 Å². The molecule has 1 aliphatic rings. The lowest BCUT2D eigenvalue weighted by atomic mass is 9.97. The Bertz CT molecular complexity index is 1230. The number of aromatic hydroxyl groups is 1. The van der Waals surface area contributed by atoms with Crippen LogP contribution in [-0.4, -0.2) is 60.6 Å². The zero-order chi connectivity index (χ0) is 24.1. The standard InChI is InChI=1S/C27H28ClN3O3/c1-31-12-10-21(11-13-31)30-27(34)15-18-6-7-20(23-5-3-2-4-22(18)23)16-29-17-26(33)19-8-9-25(32)24(28)14-19/h2-9,14,16,21,32H,10-13,15,17H2,1H3,(H,30,34). The summed E-state index contributed by atoms with van der Waals surface area (Å²) in [5.41, 5.74) is 2.25. The van der Waals surface area contributed by atoms with Gasteiger partial charge in [-0.1, -0.05) is 48.0 Å². The highest BCUT2D eigenvalue weighted by molar-refractivity contribution is 6.32. The molecule has 0 bridgehead atoms. The zero-order valence-electron chi connectivity index (χ0n) is 19.1. The molecule has 1 heterocycles. The number of rotatable bonds is 7. The van der Waals surface area contributed by atoms with Crippen LogP contribution in [0.3, 0.4) is 0 Å². The second-order valence-corrected chi connectivity index (χ2v) is 9.15. The summed E-state index contributed by atoms with van der Waals surface area (Å²) in [6.45, 7) is 1.98. The monoisotopic (exact) mass is 477 g/mol. The molecule has 176 valence electrons. The number of carbonyl (C=O) groups is 2. The highest BCUT2D eigenvalue weighted by atomic mass is 35.5. The van der Waals surface area contributed by atoms with Crippen LogP contribution in [0.4, 0.5) is 0 Å². The molecule has 2 N–H and O–H groups in total. The Kier molecular flexibility index (Phi) is 7.60. The van der Waals surface area contributed by atoms with Crippen LogP contribution in [0.1, 0.15) is 34.3 Å². The number of fused-ring (bicyclic) bond motifs is 1. The first-order valence-electron chi connectivity index (χ1n) is 11.4. The van der Waals surface area contributed by atoms with Gasteiger partial charge in [0.05, 0.1) is 11.4 Å². The summed E-state index contributed by atoms with van der Waals surface area (Å²) < 4.78 is 0. The molecule has 0 unspecified atom stereocenters. The highest BCUT2D eigenvalue weighted by Gasteiger charge is 2.19. The Morgan fingerprint density at radius 1 is 1.12 bits per heavy atom. The van der Waals surface area contributed by atoms with Crippen LogP contribution in [0.15, 0.2) is 59.6 Å². The number of phenolic OH excluding ortho intramolecular Hbond substituents is 1. The molecule has 6 nitrogen and oxygen atoms in total. The number of Topliss-reactive ketones (excluding diaryl/α,β-unsaturated/α-hetero) is 1. The van der Waals surface area contributed by atoms with Crippen molar-refractivity contribution < 1.29 is 14.7 Å². The number of nitrogens with zero attached hydrogens (tertiary/aromatic N) is 2. The molecule has 1 amide bonds. The molecule has 0 aromatic heterocycles. The first kappa shape index (κ1) is 23.9. The van der Waals surface area contributed by atoms with Crippen LogP contribution in [0.2, 0.25) is 5.02 Å². The lowest BCUT2D eigenvalue weighted by Gasteiger charge is -2.29. The number of amides is 1. The van der Waals surface area contributed by atoms with Crippen LogP contribution in [0.5, 0.6) is 5.75 Å². The van der Waals surface area contributed by atoms with Gasteiger partial charge in [0.2, 0.25) is 5.91 Å². The molecular weight excluding hydrogens is 450 g/mol. The second-order valence-electron chi connectivity index (χ2n) is 8.74. The molecule has 0 atom stereocenters. The number of phenols is 1. The highest BCUT2D eigenvalue weighted by Crippen LogP contribution is 2.24. The van der Waals surface area contributed by atoms with Gasteiger partial charge in [-0.15, -0.1) is 0 Å². The number of benzene rings is 3. The van der Waals surface area contributed by atoms with Crippen molar-refractivity contribution in [1.29, 1.82) is 0 Å². The number of piperidine rings is 1. The van der Waals surface area contributed by atoms with Gasteiger partial charge in [0, 0.05) is 23.4 Å². The van der Waals surface area contributed by atoms with E-state index in [9.17, 15) is 14.7 Å². The molecular formula is C27H28ClN3O3. The predicted octanol–water partition coefficient (Wildman–Crippen LogP) is 4.25. The fourth-order valence-corrected chi connectivity index (χ4v) is 4.44. The summed E-state index contributed by atoms with van der Waals surface area (Å²) in [6, 6.07) is 16.4. The third-order valence-electron chi connectivity index (χ3n) is 6.22. The summed E-state index contributed by atoms with van der Waals surface area (Å²) in [7, 11) is 2.11. The Labute approximate surface area is 204 Å². The average molecular weight is 478 g/mol. The number of nitrogens with one attached hydrogen (secondary N) is 1. The predicted molar refractivity (Wildman–Crippen MR) is 136 cm³/mol. The van der Waals surface area contributed by atoms with Gasteiger partial charge >= 0.3 is 0 Å². The van der Waals surface area contributed by atoms with E-state index in [0.717, 1.165) is 47.8 Å². The summed E-state index contributed by atoms with van der Waals surface area (Å²) in [4.78, 5) is 31.7. The molecule has 4 rings (SSSR count). The minimum atomic E-state index is -0.190. The number of likely N-dealkylation sites (tertiary alicyclic amines) is 1. The Balaban J connectivity index is 1.45. The molecule has 0 spiro atoms. The Morgan fingerprint density at radius 2 is 1.85 bits per heavy atom. The van der Waals surface area contributed by atoms with Gasteiger partial charge in [0.1, 0.15) is 12.3 Å². The smallest absolute Gasteiger partial charge is 0.224 e. The van der Waals surface area contributed by atoms with Crippen molar-refractivity contribution in [3.8, 4) is 5.75 Å². The van der Waals surface area contributed by atoms with Crippen molar-refractivity contribution >= 4 is 40.3 Å². The van der Waals surface area contributed by atoms with Crippen molar-refractivity contribution in [2.24, 2.45) is 4.99 Å². The van der Waals surface area contributed by atoms with Gasteiger partial charge in [-0.05, 0) is 67.5 Å². The van der Waals surface area contributed by atoms with Gasteiger partial charge in [-0.3, -0.25) is 14.6 Å². The topological polar surface area (TPSA) is 82.0 Å². The SMILES string of the molecule is CN1CCC(NC(=O)Cc2ccc(C=NCC(=O)c3ccc(O)c(Cl)c3)c3ccccc23)CC1. The quantitative estimate of drug-likeness (QED) is 0.393. The van der Waals surface area contributed by atoms with Crippen LogP contribution >= 0.6 is 11.6 Å². The van der Waals surface area contributed by atoms with Crippen molar-refractivity contribution in [3.63, 3.8) is 0 Å². The van der Waals surface area contributed by atoms with E-state index in [-0.39, 0.29) is 35.0 Å². The van der Waals surface area contributed by atoms with E-state index in [0.29, 0.717) is 12.0 Å².